The van der Waals surface area contributed by atoms with Gasteiger partial charge in [0.25, 0.3) is 0 Å². The number of rotatable bonds is 1. The first-order valence-corrected chi connectivity index (χ1v) is 6.49. The van der Waals surface area contributed by atoms with Crippen LogP contribution in [0.1, 0.15) is 34.7 Å². The average Bonchev–Trinajstić information content (AvgIpc) is 2.58. The summed E-state index contributed by atoms with van der Waals surface area (Å²) in [5.74, 6) is 0.379. The van der Waals surface area contributed by atoms with Crippen LogP contribution in [0.5, 0.6) is 0 Å². The van der Waals surface area contributed by atoms with Crippen molar-refractivity contribution in [2.45, 2.75) is 18.8 Å². The number of ketones is 1. The van der Waals surface area contributed by atoms with Gasteiger partial charge in [0.05, 0.1) is 0 Å². The van der Waals surface area contributed by atoms with E-state index in [2.05, 4.69) is 30.4 Å². The van der Waals surface area contributed by atoms with Gasteiger partial charge in [0.15, 0.2) is 5.78 Å². The highest BCUT2D eigenvalue weighted by atomic mass is 35.5. The fraction of sp³-hybridized carbons (Fsp3) is 0.188. The van der Waals surface area contributed by atoms with Crippen LogP contribution in [0, 0.1) is 0 Å². The van der Waals surface area contributed by atoms with E-state index in [0.29, 0.717) is 11.4 Å². The van der Waals surface area contributed by atoms with Crippen molar-refractivity contribution in [1.29, 1.82) is 0 Å². The summed E-state index contributed by atoms with van der Waals surface area (Å²) >= 11 is 5.96. The smallest absolute Gasteiger partial charge is 0.164 e. The number of hydrogen-bond acceptors (Lipinski definition) is 1. The van der Waals surface area contributed by atoms with Gasteiger partial charge in [0.2, 0.25) is 0 Å². The van der Waals surface area contributed by atoms with Crippen molar-refractivity contribution in [1.82, 2.24) is 0 Å². The van der Waals surface area contributed by atoms with Crippen LogP contribution in [0.4, 0.5) is 0 Å². The summed E-state index contributed by atoms with van der Waals surface area (Å²) in [6, 6.07) is 5.63. The van der Waals surface area contributed by atoms with E-state index in [-0.39, 0.29) is 11.7 Å². The molecule has 0 bridgehead atoms. The number of halogens is 1. The summed E-state index contributed by atoms with van der Waals surface area (Å²) in [5.41, 5.74) is 3.10. The molecule has 0 saturated heterocycles. The lowest BCUT2D eigenvalue weighted by atomic mass is 9.92. The second-order valence-electron chi connectivity index (χ2n) is 4.64. The van der Waals surface area contributed by atoms with E-state index in [9.17, 15) is 4.79 Å². The van der Waals surface area contributed by atoms with E-state index >= 15 is 0 Å². The summed E-state index contributed by atoms with van der Waals surface area (Å²) in [7, 11) is 0. The number of benzene rings is 1. The van der Waals surface area contributed by atoms with E-state index in [4.69, 9.17) is 11.6 Å². The van der Waals surface area contributed by atoms with Crippen molar-refractivity contribution < 1.29 is 4.79 Å². The average molecular weight is 257 g/mol. The van der Waals surface area contributed by atoms with Crippen molar-refractivity contribution in [2.75, 3.05) is 0 Å². The predicted molar refractivity (Wildman–Crippen MR) is 74.1 cm³/mol. The lowest BCUT2D eigenvalue weighted by Gasteiger charge is -2.11. The van der Waals surface area contributed by atoms with Gasteiger partial charge >= 0.3 is 0 Å². The molecule has 2 heteroatoms. The summed E-state index contributed by atoms with van der Waals surface area (Å²) < 4.78 is 0. The Morgan fingerprint density at radius 3 is 3.00 bits per heavy atom. The highest BCUT2D eigenvalue weighted by Gasteiger charge is 2.30. The molecular formula is C16H13ClO. The maximum Gasteiger partial charge on any atom is 0.164 e. The largest absolute Gasteiger partial charge is 0.294 e. The second-order valence-corrected chi connectivity index (χ2v) is 5.08. The Morgan fingerprint density at radius 1 is 1.22 bits per heavy atom. The molecule has 0 aliphatic heterocycles. The van der Waals surface area contributed by atoms with Crippen LogP contribution in [-0.2, 0) is 0 Å². The van der Waals surface area contributed by atoms with Crippen molar-refractivity contribution in [3.8, 4) is 0 Å². The first kappa shape index (κ1) is 11.5. The lowest BCUT2D eigenvalue weighted by molar-refractivity contribution is 0.0991. The molecule has 0 amide bonds. The minimum absolute atomic E-state index is 0.184. The summed E-state index contributed by atoms with van der Waals surface area (Å²) in [5, 5.41) is 0.632. The quantitative estimate of drug-likeness (QED) is 0.725. The van der Waals surface area contributed by atoms with Crippen LogP contribution in [-0.4, -0.2) is 5.78 Å². The van der Waals surface area contributed by atoms with Crippen LogP contribution >= 0.6 is 11.6 Å². The predicted octanol–water partition coefficient (Wildman–Crippen LogP) is 4.45. The molecular weight excluding hydrogens is 244 g/mol. The zero-order valence-electron chi connectivity index (χ0n) is 9.90. The third kappa shape index (κ3) is 1.95. The fourth-order valence-corrected chi connectivity index (χ4v) is 2.78. The molecule has 0 radical (unpaired) electrons. The van der Waals surface area contributed by atoms with Crippen LogP contribution in [0.15, 0.2) is 54.2 Å². The molecule has 3 rings (SSSR count). The highest BCUT2D eigenvalue weighted by Crippen LogP contribution is 2.40. The molecule has 1 atom stereocenters. The summed E-state index contributed by atoms with van der Waals surface area (Å²) in [4.78, 5) is 12.0. The first-order valence-electron chi connectivity index (χ1n) is 6.11. The van der Waals surface area contributed by atoms with Crippen LogP contribution < -0.4 is 0 Å². The number of hydrogen-bond donors (Lipinski definition) is 0. The number of fused-ring (bicyclic) bond motifs is 1. The summed E-state index contributed by atoms with van der Waals surface area (Å²) in [6.07, 6.45) is 12.0. The van der Waals surface area contributed by atoms with E-state index in [0.717, 1.165) is 17.5 Å². The van der Waals surface area contributed by atoms with E-state index in [1.165, 1.54) is 5.57 Å². The second kappa shape index (κ2) is 4.58. The molecule has 1 nitrogen and oxygen atoms in total. The molecule has 0 fully saturated rings. The minimum atomic E-state index is 0.184. The number of carbonyl (C=O) groups is 1. The Bertz CT molecular complexity index is 593. The van der Waals surface area contributed by atoms with Gasteiger partial charge in [-0.3, -0.25) is 4.79 Å². The molecule has 0 N–H and O–H groups in total. The molecule has 18 heavy (non-hydrogen) atoms. The molecule has 1 aromatic carbocycles. The van der Waals surface area contributed by atoms with Crippen molar-refractivity contribution in [3.05, 3.63) is 70.3 Å². The molecule has 0 unspecified atom stereocenters. The molecule has 0 spiro atoms. The number of allylic oxidation sites excluding steroid dienone is 6. The molecule has 0 saturated carbocycles. The van der Waals surface area contributed by atoms with Gasteiger partial charge in [0.1, 0.15) is 0 Å². The Kier molecular flexibility index (Phi) is 2.92. The van der Waals surface area contributed by atoms with Gasteiger partial charge in [-0.1, -0.05) is 48.0 Å². The normalized spacial score (nSPS) is 21.7. The maximum atomic E-state index is 12.0. The van der Waals surface area contributed by atoms with E-state index in [1.807, 2.05) is 12.1 Å². The fourth-order valence-electron chi connectivity index (χ4n) is 2.60. The molecule has 0 aromatic heterocycles. The first-order chi connectivity index (χ1) is 8.75. The molecule has 2 aliphatic carbocycles. The molecule has 90 valence electrons. The Balaban J connectivity index is 2.05. The highest BCUT2D eigenvalue weighted by molar-refractivity contribution is 6.31. The van der Waals surface area contributed by atoms with Gasteiger partial charge in [0, 0.05) is 22.9 Å². The molecule has 2 aliphatic rings. The van der Waals surface area contributed by atoms with Crippen molar-refractivity contribution in [2.24, 2.45) is 0 Å². The van der Waals surface area contributed by atoms with Crippen LogP contribution in [0.25, 0.3) is 0 Å². The standard InChI is InChI=1S/C16H13ClO/c17-12-7-8-13-14(10-16(18)15(13)9-12)11-5-3-1-2-4-6-11/h1,3-9,14H,2,10H2/t14-/m1/s1. The van der Waals surface area contributed by atoms with Gasteiger partial charge in [-0.25, -0.2) is 0 Å². The van der Waals surface area contributed by atoms with E-state index in [1.54, 1.807) is 6.07 Å². The number of carbonyl (C=O) groups excluding carboxylic acids is 1. The van der Waals surface area contributed by atoms with Crippen molar-refractivity contribution >= 4 is 17.4 Å². The zero-order chi connectivity index (χ0) is 12.5. The monoisotopic (exact) mass is 256 g/mol. The van der Waals surface area contributed by atoms with Gasteiger partial charge in [-0.2, -0.15) is 0 Å². The Hall–Kier alpha value is -1.60. The SMILES string of the molecule is O=C1C[C@H](C2=CC=CCC=C2)c2ccc(Cl)cc21. The minimum Gasteiger partial charge on any atom is -0.294 e. The molecule has 1 aromatic rings. The maximum absolute atomic E-state index is 12.0. The lowest BCUT2D eigenvalue weighted by Crippen LogP contribution is -1.96. The molecule has 0 heterocycles. The van der Waals surface area contributed by atoms with Crippen molar-refractivity contribution in [3.63, 3.8) is 0 Å². The third-order valence-corrected chi connectivity index (χ3v) is 3.73. The van der Waals surface area contributed by atoms with Crippen LogP contribution in [0.3, 0.4) is 0 Å². The Morgan fingerprint density at radius 2 is 2.11 bits per heavy atom. The topological polar surface area (TPSA) is 17.1 Å². The van der Waals surface area contributed by atoms with Gasteiger partial charge in [-0.05, 0) is 29.7 Å². The third-order valence-electron chi connectivity index (χ3n) is 3.49. The van der Waals surface area contributed by atoms with Crippen LogP contribution in [0.2, 0.25) is 5.02 Å². The van der Waals surface area contributed by atoms with Gasteiger partial charge < -0.3 is 0 Å². The van der Waals surface area contributed by atoms with E-state index < -0.39 is 0 Å². The zero-order valence-corrected chi connectivity index (χ0v) is 10.7. The van der Waals surface area contributed by atoms with Gasteiger partial charge in [-0.15, -0.1) is 0 Å². The summed E-state index contributed by atoms with van der Waals surface area (Å²) in [6.45, 7) is 0. The number of Topliss-reactive ketones (excluding diaryl/α,β-unsaturated/α-hetero) is 1. The Labute approximate surface area is 111 Å².